The molecule has 0 saturated heterocycles. The van der Waals surface area contributed by atoms with Crippen molar-refractivity contribution < 1.29 is 13.5 Å². The summed E-state index contributed by atoms with van der Waals surface area (Å²) in [6, 6.07) is 3.17. The van der Waals surface area contributed by atoms with Gasteiger partial charge in [0.1, 0.15) is 23.1 Å². The van der Waals surface area contributed by atoms with E-state index >= 15 is 0 Å². The lowest BCUT2D eigenvalue weighted by molar-refractivity contribution is 0.285. The van der Waals surface area contributed by atoms with Crippen molar-refractivity contribution in [1.29, 1.82) is 0 Å². The first-order chi connectivity index (χ1) is 8.70. The monoisotopic (exact) mass is 271 g/mol. The Morgan fingerprint density at radius 1 is 1.39 bits per heavy atom. The molecule has 4 nitrogen and oxygen atoms in total. The van der Waals surface area contributed by atoms with E-state index in [1.54, 1.807) is 0 Å². The van der Waals surface area contributed by atoms with Crippen LogP contribution in [0.4, 0.5) is 13.8 Å². The van der Waals surface area contributed by atoms with Crippen molar-refractivity contribution in [2.75, 3.05) is 11.9 Å². The first-order valence-corrected chi connectivity index (χ1v) is 6.11. The van der Waals surface area contributed by atoms with Gasteiger partial charge < -0.3 is 10.1 Å². The lowest BCUT2D eigenvalue weighted by Gasteiger charge is -2.06. The molecule has 1 aromatic heterocycles. The average molecular weight is 271 g/mol. The van der Waals surface area contributed by atoms with Crippen LogP contribution in [0.3, 0.4) is 0 Å². The summed E-state index contributed by atoms with van der Waals surface area (Å²) in [4.78, 5) is 0. The van der Waals surface area contributed by atoms with E-state index in [4.69, 9.17) is 4.74 Å². The van der Waals surface area contributed by atoms with Crippen molar-refractivity contribution in [3.8, 4) is 5.75 Å². The molecule has 18 heavy (non-hydrogen) atoms. The standard InChI is InChI=1S/C11H11F2N3OS/c1-2-14-11-9(15-16-18-11)6-17-10-4-3-7(12)5-8(10)13/h3-5,14H,2,6H2,1H3. The van der Waals surface area contributed by atoms with E-state index in [0.29, 0.717) is 5.69 Å². The van der Waals surface area contributed by atoms with E-state index in [1.807, 2.05) is 6.92 Å². The second-order valence-electron chi connectivity index (χ2n) is 3.44. The third-order valence-electron chi connectivity index (χ3n) is 2.15. The van der Waals surface area contributed by atoms with Gasteiger partial charge in [-0.25, -0.2) is 8.78 Å². The molecule has 0 unspecified atom stereocenters. The third-order valence-corrected chi connectivity index (χ3v) is 2.88. The largest absolute Gasteiger partial charge is 0.484 e. The maximum absolute atomic E-state index is 13.3. The van der Waals surface area contributed by atoms with Crippen LogP contribution in [0.5, 0.6) is 5.75 Å². The number of rotatable bonds is 5. The van der Waals surface area contributed by atoms with Crippen LogP contribution in [0, 0.1) is 11.6 Å². The van der Waals surface area contributed by atoms with Gasteiger partial charge >= 0.3 is 0 Å². The third kappa shape index (κ3) is 2.92. The average Bonchev–Trinajstić information content (AvgIpc) is 2.76. The fourth-order valence-electron chi connectivity index (χ4n) is 1.34. The first kappa shape index (κ1) is 12.7. The van der Waals surface area contributed by atoms with Gasteiger partial charge in [0.25, 0.3) is 0 Å². The topological polar surface area (TPSA) is 47.0 Å². The van der Waals surface area contributed by atoms with Crippen molar-refractivity contribution in [2.45, 2.75) is 13.5 Å². The molecule has 1 N–H and O–H groups in total. The highest BCUT2D eigenvalue weighted by atomic mass is 32.1. The highest BCUT2D eigenvalue weighted by Crippen LogP contribution is 2.22. The second kappa shape index (κ2) is 5.72. The van der Waals surface area contributed by atoms with Crippen molar-refractivity contribution >= 4 is 16.5 Å². The minimum Gasteiger partial charge on any atom is -0.484 e. The summed E-state index contributed by atoms with van der Waals surface area (Å²) < 4.78 is 35.0. The Morgan fingerprint density at radius 2 is 2.22 bits per heavy atom. The Balaban J connectivity index is 2.04. The van der Waals surface area contributed by atoms with E-state index in [2.05, 4.69) is 14.9 Å². The lowest BCUT2D eigenvalue weighted by atomic mass is 10.3. The SMILES string of the molecule is CCNc1snnc1COc1ccc(F)cc1F. The molecule has 0 atom stereocenters. The molecule has 7 heteroatoms. The normalized spacial score (nSPS) is 10.4. The lowest BCUT2D eigenvalue weighted by Crippen LogP contribution is -2.03. The Labute approximate surface area is 107 Å². The highest BCUT2D eigenvalue weighted by Gasteiger charge is 2.10. The van der Waals surface area contributed by atoms with Crippen LogP contribution < -0.4 is 10.1 Å². The van der Waals surface area contributed by atoms with Gasteiger partial charge in [0, 0.05) is 24.1 Å². The molecule has 1 heterocycles. The molecule has 0 aliphatic heterocycles. The van der Waals surface area contributed by atoms with Gasteiger partial charge in [-0.15, -0.1) is 5.10 Å². The summed E-state index contributed by atoms with van der Waals surface area (Å²) in [5.74, 6) is -1.38. The fourth-order valence-corrected chi connectivity index (χ4v) is 1.97. The molecular weight excluding hydrogens is 260 g/mol. The number of halogens is 2. The minimum absolute atomic E-state index is 0.00755. The number of nitrogens with zero attached hydrogens (tertiary/aromatic N) is 2. The van der Waals surface area contributed by atoms with Crippen molar-refractivity contribution in [3.05, 3.63) is 35.5 Å². The van der Waals surface area contributed by atoms with Gasteiger partial charge in [-0.2, -0.15) is 0 Å². The molecule has 0 fully saturated rings. The molecule has 96 valence electrons. The van der Waals surface area contributed by atoms with Gasteiger partial charge in [-0.05, 0) is 19.1 Å². The van der Waals surface area contributed by atoms with E-state index in [1.165, 1.54) is 17.6 Å². The Hall–Kier alpha value is -1.76. The molecule has 0 radical (unpaired) electrons. The molecule has 1 aromatic carbocycles. The summed E-state index contributed by atoms with van der Waals surface area (Å²) in [5.41, 5.74) is 0.602. The molecule has 2 aromatic rings. The zero-order valence-electron chi connectivity index (χ0n) is 9.61. The Morgan fingerprint density at radius 3 is 2.94 bits per heavy atom. The van der Waals surface area contributed by atoms with Crippen molar-refractivity contribution in [2.24, 2.45) is 0 Å². The number of anilines is 1. The van der Waals surface area contributed by atoms with Crippen LogP contribution in [0.2, 0.25) is 0 Å². The van der Waals surface area contributed by atoms with E-state index in [-0.39, 0.29) is 12.4 Å². The van der Waals surface area contributed by atoms with Crippen LogP contribution in [0.1, 0.15) is 12.6 Å². The number of benzene rings is 1. The van der Waals surface area contributed by atoms with Gasteiger partial charge in [0.05, 0.1) is 0 Å². The molecule has 0 aliphatic carbocycles. The maximum atomic E-state index is 13.3. The molecule has 0 amide bonds. The van der Waals surface area contributed by atoms with Crippen LogP contribution in [0.25, 0.3) is 0 Å². The number of hydrogen-bond donors (Lipinski definition) is 1. The van der Waals surface area contributed by atoms with Gasteiger partial charge in [0.15, 0.2) is 11.6 Å². The van der Waals surface area contributed by atoms with Crippen LogP contribution >= 0.6 is 11.5 Å². The van der Waals surface area contributed by atoms with Crippen molar-refractivity contribution in [1.82, 2.24) is 9.59 Å². The van der Waals surface area contributed by atoms with Gasteiger partial charge in [-0.1, -0.05) is 4.49 Å². The number of hydrogen-bond acceptors (Lipinski definition) is 5. The number of ether oxygens (including phenoxy) is 1. The number of aromatic nitrogens is 2. The van der Waals surface area contributed by atoms with E-state index < -0.39 is 11.6 Å². The molecule has 0 spiro atoms. The van der Waals surface area contributed by atoms with Gasteiger partial charge in [-0.3, -0.25) is 0 Å². The van der Waals surface area contributed by atoms with Crippen LogP contribution in [0.15, 0.2) is 18.2 Å². The van der Waals surface area contributed by atoms with Crippen LogP contribution in [-0.4, -0.2) is 16.1 Å². The molecule has 2 rings (SSSR count). The van der Waals surface area contributed by atoms with E-state index in [0.717, 1.165) is 23.7 Å². The molecule has 0 bridgehead atoms. The maximum Gasteiger partial charge on any atom is 0.167 e. The minimum atomic E-state index is -0.733. The first-order valence-electron chi connectivity index (χ1n) is 5.33. The Bertz CT molecular complexity index is 533. The zero-order chi connectivity index (χ0) is 13.0. The van der Waals surface area contributed by atoms with Gasteiger partial charge in [0.2, 0.25) is 0 Å². The highest BCUT2D eigenvalue weighted by molar-refractivity contribution is 7.10. The Kier molecular flexibility index (Phi) is 4.03. The zero-order valence-corrected chi connectivity index (χ0v) is 10.4. The predicted molar refractivity (Wildman–Crippen MR) is 64.8 cm³/mol. The smallest absolute Gasteiger partial charge is 0.167 e. The summed E-state index contributed by atoms with van der Waals surface area (Å²) >= 11 is 1.21. The second-order valence-corrected chi connectivity index (χ2v) is 4.20. The van der Waals surface area contributed by atoms with Crippen LogP contribution in [-0.2, 0) is 6.61 Å². The molecule has 0 saturated carbocycles. The molecule has 0 aliphatic rings. The summed E-state index contributed by atoms with van der Waals surface area (Å²) in [6.45, 7) is 2.77. The fraction of sp³-hybridized carbons (Fsp3) is 0.273. The van der Waals surface area contributed by atoms with Crippen molar-refractivity contribution in [3.63, 3.8) is 0 Å². The predicted octanol–water partition coefficient (Wildman–Crippen LogP) is 2.83. The molecular formula is C11H11F2N3OS. The summed E-state index contributed by atoms with van der Waals surface area (Å²) in [7, 11) is 0. The van der Waals surface area contributed by atoms with E-state index in [9.17, 15) is 8.78 Å². The summed E-state index contributed by atoms with van der Waals surface area (Å²) in [6.07, 6.45) is 0. The quantitative estimate of drug-likeness (QED) is 0.908. The summed E-state index contributed by atoms with van der Waals surface area (Å²) in [5, 5.41) is 7.75. The number of nitrogens with one attached hydrogen (secondary N) is 1.